The molecule has 0 saturated heterocycles. The summed E-state index contributed by atoms with van der Waals surface area (Å²) in [6, 6.07) is 13.8. The predicted octanol–water partition coefficient (Wildman–Crippen LogP) is 3.46. The monoisotopic (exact) mass is 524 g/mol. The van der Waals surface area contributed by atoms with Crippen molar-refractivity contribution in [3.05, 3.63) is 64.7 Å². The molecule has 0 fully saturated rings. The Morgan fingerprint density at radius 2 is 1.77 bits per heavy atom. The van der Waals surface area contributed by atoms with Gasteiger partial charge in [-0.15, -0.1) is 24.0 Å². The Hall–Kier alpha value is -2.29. The van der Waals surface area contributed by atoms with Crippen molar-refractivity contribution in [2.75, 3.05) is 33.3 Å². The first-order valence-corrected chi connectivity index (χ1v) is 10.1. The van der Waals surface area contributed by atoms with Crippen LogP contribution < -0.4 is 20.7 Å². The van der Waals surface area contributed by atoms with E-state index in [0.717, 1.165) is 41.4 Å². The van der Waals surface area contributed by atoms with Gasteiger partial charge in [-0.05, 0) is 56.0 Å². The second kappa shape index (κ2) is 13.8. The fourth-order valence-electron chi connectivity index (χ4n) is 3.00. The van der Waals surface area contributed by atoms with Gasteiger partial charge in [0.15, 0.2) is 5.96 Å². The standard InChI is InChI=1S/C23H32N4O2.HI/c1-5-25-23(27-14-15-29-21-17(2)8-6-9-18(21)3)26-13-12-19-10-7-11-20(16-19)22(28)24-4;/h6-11,16H,5,12-15H2,1-4H3,(H,24,28)(H2,25,26,27);1H. The van der Waals surface area contributed by atoms with E-state index in [1.54, 1.807) is 7.05 Å². The summed E-state index contributed by atoms with van der Waals surface area (Å²) in [6.45, 7) is 8.79. The van der Waals surface area contributed by atoms with E-state index in [1.807, 2.05) is 37.3 Å². The number of ether oxygens (including phenoxy) is 1. The van der Waals surface area contributed by atoms with E-state index >= 15 is 0 Å². The van der Waals surface area contributed by atoms with Crippen LogP contribution in [0.3, 0.4) is 0 Å². The van der Waals surface area contributed by atoms with Crippen molar-refractivity contribution in [1.29, 1.82) is 0 Å². The van der Waals surface area contributed by atoms with Gasteiger partial charge in [-0.1, -0.05) is 30.3 Å². The molecule has 6 nitrogen and oxygen atoms in total. The molecule has 7 heteroatoms. The van der Waals surface area contributed by atoms with E-state index in [2.05, 4.69) is 46.9 Å². The van der Waals surface area contributed by atoms with Gasteiger partial charge in [0, 0.05) is 25.7 Å². The molecule has 0 aliphatic rings. The van der Waals surface area contributed by atoms with Crippen LogP contribution >= 0.6 is 24.0 Å². The predicted molar refractivity (Wildman–Crippen MR) is 134 cm³/mol. The van der Waals surface area contributed by atoms with E-state index in [1.165, 1.54) is 0 Å². The summed E-state index contributed by atoms with van der Waals surface area (Å²) in [6.07, 6.45) is 0.764. The number of aliphatic imine (C=N–C) groups is 1. The number of hydrogen-bond acceptors (Lipinski definition) is 3. The summed E-state index contributed by atoms with van der Waals surface area (Å²) in [4.78, 5) is 16.4. The number of halogens is 1. The van der Waals surface area contributed by atoms with Gasteiger partial charge in [-0.2, -0.15) is 0 Å². The lowest BCUT2D eigenvalue weighted by Gasteiger charge is -2.14. The maximum atomic E-state index is 11.8. The number of carbonyl (C=O) groups is 1. The average molecular weight is 524 g/mol. The summed E-state index contributed by atoms with van der Waals surface area (Å²) < 4.78 is 5.93. The third-order valence-electron chi connectivity index (χ3n) is 4.48. The molecule has 2 aromatic rings. The van der Waals surface area contributed by atoms with Crippen molar-refractivity contribution in [3.8, 4) is 5.75 Å². The molecular weight excluding hydrogens is 491 g/mol. The summed E-state index contributed by atoms with van der Waals surface area (Å²) in [5.41, 5.74) is 4.04. The summed E-state index contributed by atoms with van der Waals surface area (Å²) in [5, 5.41) is 9.20. The molecular formula is C23H33IN4O2. The topological polar surface area (TPSA) is 74.8 Å². The van der Waals surface area contributed by atoms with Gasteiger partial charge in [-0.3, -0.25) is 9.79 Å². The Morgan fingerprint density at radius 1 is 1.07 bits per heavy atom. The largest absolute Gasteiger partial charge is 0.491 e. The number of para-hydroxylation sites is 1. The molecule has 30 heavy (non-hydrogen) atoms. The Labute approximate surface area is 196 Å². The van der Waals surface area contributed by atoms with Gasteiger partial charge in [0.25, 0.3) is 5.91 Å². The second-order valence-corrected chi connectivity index (χ2v) is 6.79. The van der Waals surface area contributed by atoms with Crippen molar-refractivity contribution in [1.82, 2.24) is 16.0 Å². The molecule has 0 unspecified atom stereocenters. The first-order valence-electron chi connectivity index (χ1n) is 10.1. The number of benzene rings is 2. The fourth-order valence-corrected chi connectivity index (χ4v) is 3.00. The number of hydrogen-bond donors (Lipinski definition) is 3. The SMILES string of the molecule is CCNC(=NCCc1cccc(C(=O)NC)c1)NCCOc1c(C)cccc1C.I. The third-order valence-corrected chi connectivity index (χ3v) is 4.48. The first kappa shape index (κ1) is 25.7. The molecule has 0 atom stereocenters. The van der Waals surface area contributed by atoms with Crippen molar-refractivity contribution in [2.45, 2.75) is 27.2 Å². The Balaban J connectivity index is 0.00000450. The minimum atomic E-state index is -0.0748. The molecule has 2 aromatic carbocycles. The lowest BCUT2D eigenvalue weighted by Crippen LogP contribution is -2.39. The van der Waals surface area contributed by atoms with Crippen LogP contribution in [0.1, 0.15) is 34.0 Å². The summed E-state index contributed by atoms with van der Waals surface area (Å²) in [5.74, 6) is 1.64. The lowest BCUT2D eigenvalue weighted by molar-refractivity contribution is 0.0963. The molecule has 0 spiro atoms. The highest BCUT2D eigenvalue weighted by Crippen LogP contribution is 2.21. The van der Waals surface area contributed by atoms with E-state index in [0.29, 0.717) is 25.3 Å². The van der Waals surface area contributed by atoms with Crippen LogP contribution in [0.2, 0.25) is 0 Å². The molecule has 0 radical (unpaired) electrons. The lowest BCUT2D eigenvalue weighted by atomic mass is 10.1. The van der Waals surface area contributed by atoms with Crippen molar-refractivity contribution >= 4 is 35.8 Å². The number of guanidine groups is 1. The van der Waals surface area contributed by atoms with E-state index in [-0.39, 0.29) is 29.9 Å². The number of rotatable bonds is 9. The highest BCUT2D eigenvalue weighted by atomic mass is 127. The number of aryl methyl sites for hydroxylation is 2. The van der Waals surface area contributed by atoms with Crippen LogP contribution in [0, 0.1) is 13.8 Å². The number of carbonyl (C=O) groups excluding carboxylic acids is 1. The first-order chi connectivity index (χ1) is 14.0. The quantitative estimate of drug-likeness (QED) is 0.203. The zero-order chi connectivity index (χ0) is 21.1. The van der Waals surface area contributed by atoms with Gasteiger partial charge in [0.2, 0.25) is 0 Å². The molecule has 1 amide bonds. The zero-order valence-corrected chi connectivity index (χ0v) is 20.6. The summed E-state index contributed by atoms with van der Waals surface area (Å²) in [7, 11) is 1.64. The molecule has 0 heterocycles. The van der Waals surface area contributed by atoms with Gasteiger partial charge in [0.1, 0.15) is 12.4 Å². The highest BCUT2D eigenvalue weighted by Gasteiger charge is 2.05. The molecule has 0 aliphatic heterocycles. The smallest absolute Gasteiger partial charge is 0.251 e. The number of nitrogens with zero attached hydrogens (tertiary/aromatic N) is 1. The zero-order valence-electron chi connectivity index (χ0n) is 18.2. The minimum Gasteiger partial charge on any atom is -0.491 e. The average Bonchev–Trinajstić information content (AvgIpc) is 2.72. The van der Waals surface area contributed by atoms with Crippen LogP contribution in [0.5, 0.6) is 5.75 Å². The van der Waals surface area contributed by atoms with Crippen molar-refractivity contribution in [2.24, 2.45) is 4.99 Å². The van der Waals surface area contributed by atoms with Gasteiger partial charge >= 0.3 is 0 Å². The number of amides is 1. The summed E-state index contributed by atoms with van der Waals surface area (Å²) >= 11 is 0. The molecule has 0 aromatic heterocycles. The molecule has 0 bridgehead atoms. The Bertz CT molecular complexity index is 819. The van der Waals surface area contributed by atoms with Crippen molar-refractivity contribution < 1.29 is 9.53 Å². The maximum absolute atomic E-state index is 11.8. The van der Waals surface area contributed by atoms with Crippen LogP contribution in [-0.4, -0.2) is 45.2 Å². The molecule has 164 valence electrons. The van der Waals surface area contributed by atoms with Crippen LogP contribution in [0.25, 0.3) is 0 Å². The number of nitrogens with one attached hydrogen (secondary N) is 3. The second-order valence-electron chi connectivity index (χ2n) is 6.79. The third kappa shape index (κ3) is 8.22. The van der Waals surface area contributed by atoms with Gasteiger partial charge < -0.3 is 20.7 Å². The fraction of sp³-hybridized carbons (Fsp3) is 0.391. The normalized spacial score (nSPS) is 10.7. The molecule has 0 saturated carbocycles. The maximum Gasteiger partial charge on any atom is 0.251 e. The van der Waals surface area contributed by atoms with Crippen LogP contribution in [-0.2, 0) is 6.42 Å². The molecule has 0 aliphatic carbocycles. The Morgan fingerprint density at radius 3 is 2.43 bits per heavy atom. The van der Waals surface area contributed by atoms with Crippen molar-refractivity contribution in [3.63, 3.8) is 0 Å². The van der Waals surface area contributed by atoms with Gasteiger partial charge in [-0.25, -0.2) is 0 Å². The molecule has 2 rings (SSSR count). The van der Waals surface area contributed by atoms with Crippen LogP contribution in [0.15, 0.2) is 47.5 Å². The van der Waals surface area contributed by atoms with Gasteiger partial charge in [0.05, 0.1) is 6.54 Å². The highest BCUT2D eigenvalue weighted by molar-refractivity contribution is 14.0. The van der Waals surface area contributed by atoms with E-state index in [4.69, 9.17) is 4.74 Å². The van der Waals surface area contributed by atoms with E-state index < -0.39 is 0 Å². The minimum absolute atomic E-state index is 0. The van der Waals surface area contributed by atoms with E-state index in [9.17, 15) is 4.79 Å². The van der Waals surface area contributed by atoms with Crippen LogP contribution in [0.4, 0.5) is 0 Å². The molecule has 3 N–H and O–H groups in total. The Kier molecular flexibility index (Phi) is 11.9.